The van der Waals surface area contributed by atoms with Crippen LogP contribution in [0, 0.1) is 12.7 Å². The lowest BCUT2D eigenvalue weighted by atomic mass is 10.1. The lowest BCUT2D eigenvalue weighted by molar-refractivity contribution is 0.102. The zero-order valence-electron chi connectivity index (χ0n) is 21.3. The SMILES string of the molecule is Cc1ccc(Nc2cc(F)cc(N3CCOCC3)c2)cc1NC(=O)c1ccc(N2CCN(C)CC2)nc1. The molecular weight excluding hydrogens is 471 g/mol. The number of rotatable bonds is 6. The molecular formula is C28H33FN6O2. The zero-order valence-corrected chi connectivity index (χ0v) is 21.3. The van der Waals surface area contributed by atoms with E-state index in [0.29, 0.717) is 30.2 Å². The van der Waals surface area contributed by atoms with E-state index in [1.54, 1.807) is 12.3 Å². The molecule has 8 nitrogen and oxygen atoms in total. The van der Waals surface area contributed by atoms with Crippen LogP contribution in [0.1, 0.15) is 15.9 Å². The van der Waals surface area contributed by atoms with Crippen LogP contribution in [0.5, 0.6) is 0 Å². The summed E-state index contributed by atoms with van der Waals surface area (Å²) in [6, 6.07) is 14.4. The van der Waals surface area contributed by atoms with Crippen LogP contribution < -0.4 is 20.4 Å². The highest BCUT2D eigenvalue weighted by molar-refractivity contribution is 6.04. The van der Waals surface area contributed by atoms with Crippen LogP contribution in [0.3, 0.4) is 0 Å². The van der Waals surface area contributed by atoms with Gasteiger partial charge in [-0.2, -0.15) is 0 Å². The van der Waals surface area contributed by atoms with Crippen molar-refractivity contribution in [3.05, 3.63) is 71.7 Å². The number of nitrogens with one attached hydrogen (secondary N) is 2. The Labute approximate surface area is 217 Å². The van der Waals surface area contributed by atoms with Crippen molar-refractivity contribution >= 4 is 34.5 Å². The van der Waals surface area contributed by atoms with Crippen molar-refractivity contribution in [2.45, 2.75) is 6.92 Å². The number of ether oxygens (including phenoxy) is 1. The zero-order chi connectivity index (χ0) is 25.8. The second-order valence-corrected chi connectivity index (χ2v) is 9.60. The molecule has 2 aromatic carbocycles. The number of nitrogens with zero attached hydrogens (tertiary/aromatic N) is 4. The average molecular weight is 505 g/mol. The van der Waals surface area contributed by atoms with Gasteiger partial charge in [0.05, 0.1) is 18.8 Å². The number of anilines is 5. The van der Waals surface area contributed by atoms with E-state index in [4.69, 9.17) is 4.74 Å². The van der Waals surface area contributed by atoms with Gasteiger partial charge in [-0.05, 0) is 62.0 Å². The minimum atomic E-state index is -0.306. The highest BCUT2D eigenvalue weighted by Gasteiger charge is 2.17. The number of likely N-dealkylation sites (N-methyl/N-ethyl adjacent to an activating group) is 1. The first-order valence-corrected chi connectivity index (χ1v) is 12.7. The standard InChI is InChI=1S/C28H33FN6O2/c1-20-3-5-23(31-24-15-22(29)16-25(17-24)34-11-13-37-14-12-34)18-26(20)32-28(36)21-4-6-27(30-19-21)35-9-7-33(2)8-10-35/h3-6,15-19,31H,7-14H2,1-2H3,(H,32,36). The summed E-state index contributed by atoms with van der Waals surface area (Å²) in [6.45, 7) is 8.51. The number of amides is 1. The summed E-state index contributed by atoms with van der Waals surface area (Å²) in [5.74, 6) is 0.358. The number of pyridine rings is 1. The summed E-state index contributed by atoms with van der Waals surface area (Å²) >= 11 is 0. The predicted molar refractivity (Wildman–Crippen MR) is 146 cm³/mol. The van der Waals surface area contributed by atoms with Gasteiger partial charge in [-0.1, -0.05) is 6.07 Å². The summed E-state index contributed by atoms with van der Waals surface area (Å²) in [5.41, 5.74) is 4.32. The fourth-order valence-electron chi connectivity index (χ4n) is 4.59. The fraction of sp³-hybridized carbons (Fsp3) is 0.357. The lowest BCUT2D eigenvalue weighted by Gasteiger charge is -2.33. The van der Waals surface area contributed by atoms with Crippen LogP contribution in [0.4, 0.5) is 33.0 Å². The Morgan fingerprint density at radius 1 is 0.919 bits per heavy atom. The van der Waals surface area contributed by atoms with Crippen LogP contribution in [0.15, 0.2) is 54.7 Å². The minimum absolute atomic E-state index is 0.224. The van der Waals surface area contributed by atoms with E-state index in [-0.39, 0.29) is 11.7 Å². The van der Waals surface area contributed by atoms with Gasteiger partial charge in [0.2, 0.25) is 0 Å². The van der Waals surface area contributed by atoms with Gasteiger partial charge in [0.25, 0.3) is 5.91 Å². The number of carbonyl (C=O) groups is 1. The molecule has 1 amide bonds. The topological polar surface area (TPSA) is 73.0 Å². The molecule has 0 saturated carbocycles. The van der Waals surface area contributed by atoms with Crippen LogP contribution >= 0.6 is 0 Å². The molecule has 2 N–H and O–H groups in total. The Hall–Kier alpha value is -3.69. The minimum Gasteiger partial charge on any atom is -0.378 e. The molecule has 5 rings (SSSR count). The van der Waals surface area contributed by atoms with E-state index < -0.39 is 0 Å². The summed E-state index contributed by atoms with van der Waals surface area (Å²) < 4.78 is 19.8. The number of aryl methyl sites for hydroxylation is 1. The maximum absolute atomic E-state index is 14.4. The summed E-state index contributed by atoms with van der Waals surface area (Å²) in [6.07, 6.45) is 1.63. The number of morpholine rings is 1. The second kappa shape index (κ2) is 11.1. The molecule has 194 valence electrons. The van der Waals surface area contributed by atoms with Crippen LogP contribution in [0.25, 0.3) is 0 Å². The first kappa shape index (κ1) is 25.0. The van der Waals surface area contributed by atoms with Gasteiger partial charge in [-0.3, -0.25) is 4.79 Å². The first-order valence-electron chi connectivity index (χ1n) is 12.7. The number of piperazine rings is 1. The smallest absolute Gasteiger partial charge is 0.257 e. The quantitative estimate of drug-likeness (QED) is 0.523. The molecule has 0 bridgehead atoms. The van der Waals surface area contributed by atoms with Gasteiger partial charge >= 0.3 is 0 Å². The largest absolute Gasteiger partial charge is 0.378 e. The maximum atomic E-state index is 14.4. The maximum Gasteiger partial charge on any atom is 0.257 e. The molecule has 2 aliphatic heterocycles. The summed E-state index contributed by atoms with van der Waals surface area (Å²) in [4.78, 5) is 24.1. The van der Waals surface area contributed by atoms with Crippen molar-refractivity contribution in [1.29, 1.82) is 0 Å². The van der Waals surface area contributed by atoms with E-state index >= 15 is 0 Å². The molecule has 0 aliphatic carbocycles. The Morgan fingerprint density at radius 3 is 2.43 bits per heavy atom. The first-order chi connectivity index (χ1) is 17.9. The number of hydrogen-bond acceptors (Lipinski definition) is 7. The third kappa shape index (κ3) is 6.18. The molecule has 0 spiro atoms. The second-order valence-electron chi connectivity index (χ2n) is 9.60. The normalized spacial score (nSPS) is 16.5. The molecule has 3 heterocycles. The van der Waals surface area contributed by atoms with E-state index in [2.05, 4.69) is 37.4 Å². The van der Waals surface area contributed by atoms with Gasteiger partial charge in [-0.25, -0.2) is 9.37 Å². The molecule has 1 aromatic heterocycles. The van der Waals surface area contributed by atoms with E-state index in [1.165, 1.54) is 6.07 Å². The van der Waals surface area contributed by atoms with Crippen molar-refractivity contribution < 1.29 is 13.9 Å². The van der Waals surface area contributed by atoms with Crippen molar-refractivity contribution in [1.82, 2.24) is 9.88 Å². The molecule has 0 radical (unpaired) electrons. The third-order valence-electron chi connectivity index (χ3n) is 6.87. The van der Waals surface area contributed by atoms with E-state index in [1.807, 2.05) is 43.3 Å². The van der Waals surface area contributed by atoms with Gasteiger partial charge in [0, 0.05) is 68.2 Å². The third-order valence-corrected chi connectivity index (χ3v) is 6.87. The lowest BCUT2D eigenvalue weighted by Crippen LogP contribution is -2.44. The molecule has 0 unspecified atom stereocenters. The van der Waals surface area contributed by atoms with Crippen LogP contribution in [-0.4, -0.2) is 75.3 Å². The van der Waals surface area contributed by atoms with Gasteiger partial charge in [0.15, 0.2) is 0 Å². The number of aromatic nitrogens is 1. The highest BCUT2D eigenvalue weighted by atomic mass is 19.1. The Kier molecular flexibility index (Phi) is 7.52. The number of carbonyl (C=O) groups excluding carboxylic acids is 1. The highest BCUT2D eigenvalue weighted by Crippen LogP contribution is 2.28. The predicted octanol–water partition coefficient (Wildman–Crippen LogP) is 4.11. The number of hydrogen-bond donors (Lipinski definition) is 2. The van der Waals surface area contributed by atoms with Crippen LogP contribution in [-0.2, 0) is 4.74 Å². The fourth-order valence-corrected chi connectivity index (χ4v) is 4.59. The van der Waals surface area contributed by atoms with Crippen LogP contribution in [0.2, 0.25) is 0 Å². The van der Waals surface area contributed by atoms with Gasteiger partial charge in [0.1, 0.15) is 11.6 Å². The van der Waals surface area contributed by atoms with Crippen molar-refractivity contribution in [3.8, 4) is 0 Å². The van der Waals surface area contributed by atoms with Gasteiger partial charge in [-0.15, -0.1) is 0 Å². The summed E-state index contributed by atoms with van der Waals surface area (Å²) in [7, 11) is 2.12. The number of halogens is 1. The number of benzene rings is 2. The van der Waals surface area contributed by atoms with E-state index in [9.17, 15) is 9.18 Å². The Bertz CT molecular complexity index is 1240. The summed E-state index contributed by atoms with van der Waals surface area (Å²) in [5, 5.41) is 6.28. The molecule has 9 heteroatoms. The van der Waals surface area contributed by atoms with Crippen molar-refractivity contribution in [2.24, 2.45) is 0 Å². The molecule has 3 aromatic rings. The molecule has 2 aliphatic rings. The molecule has 0 atom stereocenters. The monoisotopic (exact) mass is 504 g/mol. The van der Waals surface area contributed by atoms with Crippen molar-refractivity contribution in [2.75, 3.05) is 80.0 Å². The van der Waals surface area contributed by atoms with Gasteiger partial charge < -0.3 is 30.1 Å². The average Bonchev–Trinajstić information content (AvgIpc) is 2.91. The van der Waals surface area contributed by atoms with Crippen molar-refractivity contribution in [3.63, 3.8) is 0 Å². The molecule has 2 fully saturated rings. The Balaban J connectivity index is 1.27. The molecule has 37 heavy (non-hydrogen) atoms. The Morgan fingerprint density at radius 2 is 1.70 bits per heavy atom. The molecule has 2 saturated heterocycles. The van der Waals surface area contributed by atoms with E-state index in [0.717, 1.165) is 62.0 Å².